The molecule has 0 aliphatic heterocycles. The third-order valence-electron chi connectivity index (χ3n) is 4.62. The highest BCUT2D eigenvalue weighted by atomic mass is 35.5. The average Bonchev–Trinajstić information content (AvgIpc) is 2.25. The molecule has 0 aromatic heterocycles. The third-order valence-corrected chi connectivity index (χ3v) is 4.77. The summed E-state index contributed by atoms with van der Waals surface area (Å²) in [6.45, 7) is 6.41. The molecule has 0 bridgehead atoms. The summed E-state index contributed by atoms with van der Waals surface area (Å²) in [5.74, 6) is -0.211. The van der Waals surface area contributed by atoms with Gasteiger partial charge in [0.2, 0.25) is 5.24 Å². The minimum Gasteiger partial charge on any atom is -0.481 e. The number of hydrogen-bond acceptors (Lipinski definition) is 2. The normalized spacial score (nSPS) is 30.2. The predicted molar refractivity (Wildman–Crippen MR) is 71.5 cm³/mol. The van der Waals surface area contributed by atoms with Gasteiger partial charge in [-0.2, -0.15) is 0 Å². The van der Waals surface area contributed by atoms with E-state index < -0.39 is 17.1 Å². The van der Waals surface area contributed by atoms with Crippen LogP contribution >= 0.6 is 11.6 Å². The Labute approximate surface area is 114 Å². The molecule has 0 saturated heterocycles. The lowest BCUT2D eigenvalue weighted by molar-refractivity contribution is -0.149. The molecule has 1 fully saturated rings. The molecule has 0 heterocycles. The number of halogens is 1. The van der Waals surface area contributed by atoms with Crippen LogP contribution in [0.5, 0.6) is 0 Å². The topological polar surface area (TPSA) is 54.4 Å². The van der Waals surface area contributed by atoms with Gasteiger partial charge in [-0.05, 0) is 54.5 Å². The Kier molecular flexibility index (Phi) is 5.20. The zero-order valence-electron chi connectivity index (χ0n) is 11.4. The van der Waals surface area contributed by atoms with Crippen LogP contribution in [0.3, 0.4) is 0 Å². The standard InChI is InChI=1S/C14H23ClO3/c1-9(2)10-4-6-14(3,7-5-10)11(13(17)18)8-12(15)16/h9-11H,4-8H2,1-3H3,(H,17,18). The number of carbonyl (C=O) groups is 2. The molecule has 1 saturated carbocycles. The lowest BCUT2D eigenvalue weighted by atomic mass is 9.62. The highest BCUT2D eigenvalue weighted by Gasteiger charge is 2.42. The van der Waals surface area contributed by atoms with Crippen LogP contribution in [0.4, 0.5) is 0 Å². The van der Waals surface area contributed by atoms with Crippen molar-refractivity contribution in [2.75, 3.05) is 0 Å². The number of rotatable bonds is 5. The molecule has 104 valence electrons. The lowest BCUT2D eigenvalue weighted by Crippen LogP contribution is -2.38. The molecule has 1 aliphatic carbocycles. The van der Waals surface area contributed by atoms with Gasteiger partial charge in [-0.15, -0.1) is 0 Å². The smallest absolute Gasteiger partial charge is 0.307 e. The highest BCUT2D eigenvalue weighted by molar-refractivity contribution is 6.63. The highest BCUT2D eigenvalue weighted by Crippen LogP contribution is 2.47. The largest absolute Gasteiger partial charge is 0.481 e. The summed E-state index contributed by atoms with van der Waals surface area (Å²) < 4.78 is 0. The van der Waals surface area contributed by atoms with Crippen LogP contribution in [0.25, 0.3) is 0 Å². The molecule has 0 spiro atoms. The average molecular weight is 275 g/mol. The Balaban J connectivity index is 2.73. The Bertz CT molecular complexity index is 317. The molecule has 0 aromatic rings. The fraction of sp³-hybridized carbons (Fsp3) is 0.857. The molecule has 18 heavy (non-hydrogen) atoms. The monoisotopic (exact) mass is 274 g/mol. The van der Waals surface area contributed by atoms with E-state index in [1.54, 1.807) is 0 Å². The quantitative estimate of drug-likeness (QED) is 0.778. The van der Waals surface area contributed by atoms with Crippen LogP contribution in [0.2, 0.25) is 0 Å². The Morgan fingerprint density at radius 1 is 1.33 bits per heavy atom. The first-order chi connectivity index (χ1) is 8.26. The molecule has 0 radical (unpaired) electrons. The molecule has 1 unspecified atom stereocenters. The second-order valence-electron chi connectivity index (χ2n) is 6.19. The van der Waals surface area contributed by atoms with Crippen molar-refractivity contribution in [1.29, 1.82) is 0 Å². The van der Waals surface area contributed by atoms with Crippen LogP contribution in [0.1, 0.15) is 52.9 Å². The van der Waals surface area contributed by atoms with E-state index in [1.165, 1.54) is 0 Å². The van der Waals surface area contributed by atoms with Gasteiger partial charge in [0, 0.05) is 6.42 Å². The van der Waals surface area contributed by atoms with E-state index in [0.29, 0.717) is 11.8 Å². The fourth-order valence-electron chi connectivity index (χ4n) is 3.11. The summed E-state index contributed by atoms with van der Waals surface area (Å²) >= 11 is 5.37. The molecule has 1 rings (SSSR count). The number of carboxylic acids is 1. The summed E-state index contributed by atoms with van der Waals surface area (Å²) in [6, 6.07) is 0. The number of carboxylic acid groups (broad SMARTS) is 1. The first-order valence-corrected chi connectivity index (χ1v) is 7.05. The molecule has 0 amide bonds. The molecule has 1 atom stereocenters. The molecule has 1 aliphatic rings. The molecule has 3 nitrogen and oxygen atoms in total. The van der Waals surface area contributed by atoms with Gasteiger partial charge in [0.05, 0.1) is 5.92 Å². The van der Waals surface area contributed by atoms with E-state index in [9.17, 15) is 14.7 Å². The van der Waals surface area contributed by atoms with Crippen molar-refractivity contribution >= 4 is 22.8 Å². The lowest BCUT2D eigenvalue weighted by Gasteiger charge is -2.42. The van der Waals surface area contributed by atoms with E-state index in [-0.39, 0.29) is 11.8 Å². The number of carbonyl (C=O) groups excluding carboxylic acids is 1. The maximum atomic E-state index is 11.3. The minimum atomic E-state index is -0.894. The molecule has 4 heteroatoms. The molecular formula is C14H23ClO3. The van der Waals surface area contributed by atoms with Gasteiger partial charge in [0.25, 0.3) is 0 Å². The van der Waals surface area contributed by atoms with Gasteiger partial charge >= 0.3 is 5.97 Å². The summed E-state index contributed by atoms with van der Waals surface area (Å²) in [5.41, 5.74) is -0.290. The van der Waals surface area contributed by atoms with E-state index in [1.807, 2.05) is 6.92 Å². The Morgan fingerprint density at radius 2 is 1.83 bits per heavy atom. The second kappa shape index (κ2) is 6.05. The SMILES string of the molecule is CC(C)C1CCC(C)(C(CC(=O)Cl)C(=O)O)CC1. The Morgan fingerprint density at radius 3 is 2.17 bits per heavy atom. The third kappa shape index (κ3) is 3.71. The van der Waals surface area contributed by atoms with Crippen LogP contribution in [-0.4, -0.2) is 16.3 Å². The number of aliphatic carboxylic acids is 1. The number of hydrogen-bond donors (Lipinski definition) is 1. The molecule has 1 N–H and O–H groups in total. The predicted octanol–water partition coefficient (Wildman–Crippen LogP) is 3.70. The summed E-state index contributed by atoms with van der Waals surface area (Å²) in [6.07, 6.45) is 3.79. The van der Waals surface area contributed by atoms with Gasteiger partial charge in [-0.25, -0.2) is 0 Å². The van der Waals surface area contributed by atoms with Crippen LogP contribution < -0.4 is 0 Å². The summed E-state index contributed by atoms with van der Waals surface area (Å²) in [4.78, 5) is 22.4. The van der Waals surface area contributed by atoms with Crippen LogP contribution in [0, 0.1) is 23.2 Å². The van der Waals surface area contributed by atoms with Gasteiger partial charge in [0.15, 0.2) is 0 Å². The first kappa shape index (κ1) is 15.5. The van der Waals surface area contributed by atoms with Gasteiger partial charge < -0.3 is 5.11 Å². The summed E-state index contributed by atoms with van der Waals surface area (Å²) in [7, 11) is 0. The van der Waals surface area contributed by atoms with Crippen LogP contribution in [-0.2, 0) is 9.59 Å². The Hall–Kier alpha value is -0.570. The van der Waals surface area contributed by atoms with Crippen LogP contribution in [0.15, 0.2) is 0 Å². The minimum absolute atomic E-state index is 0.0558. The van der Waals surface area contributed by atoms with E-state index in [2.05, 4.69) is 13.8 Å². The van der Waals surface area contributed by atoms with E-state index >= 15 is 0 Å². The zero-order valence-corrected chi connectivity index (χ0v) is 12.2. The van der Waals surface area contributed by atoms with Crippen molar-refractivity contribution in [1.82, 2.24) is 0 Å². The van der Waals surface area contributed by atoms with Gasteiger partial charge in [-0.1, -0.05) is 20.8 Å². The maximum absolute atomic E-state index is 11.3. The van der Waals surface area contributed by atoms with E-state index in [0.717, 1.165) is 25.7 Å². The van der Waals surface area contributed by atoms with E-state index in [4.69, 9.17) is 11.6 Å². The van der Waals surface area contributed by atoms with Crippen molar-refractivity contribution in [2.45, 2.75) is 52.9 Å². The fourth-order valence-corrected chi connectivity index (χ4v) is 3.26. The van der Waals surface area contributed by atoms with Crippen molar-refractivity contribution in [3.05, 3.63) is 0 Å². The molecule has 0 aromatic carbocycles. The van der Waals surface area contributed by atoms with Crippen molar-refractivity contribution in [2.24, 2.45) is 23.2 Å². The van der Waals surface area contributed by atoms with Gasteiger partial charge in [0.1, 0.15) is 0 Å². The van der Waals surface area contributed by atoms with Crippen molar-refractivity contribution in [3.63, 3.8) is 0 Å². The summed E-state index contributed by atoms with van der Waals surface area (Å²) in [5, 5.41) is 8.76. The molecular weight excluding hydrogens is 252 g/mol. The maximum Gasteiger partial charge on any atom is 0.307 e. The van der Waals surface area contributed by atoms with Gasteiger partial charge in [-0.3, -0.25) is 9.59 Å². The zero-order chi connectivity index (χ0) is 13.9. The second-order valence-corrected chi connectivity index (χ2v) is 6.61. The first-order valence-electron chi connectivity index (χ1n) is 6.67. The van der Waals surface area contributed by atoms with Crippen molar-refractivity contribution < 1.29 is 14.7 Å². The van der Waals surface area contributed by atoms with Crippen molar-refractivity contribution in [3.8, 4) is 0 Å².